The molecule has 3 aromatic rings. The quantitative estimate of drug-likeness (QED) is 0.465. The highest BCUT2D eigenvalue weighted by molar-refractivity contribution is 6.01. The molecule has 4 nitrogen and oxygen atoms in total. The molecular weight excluding hydrogens is 357 g/mol. The lowest BCUT2D eigenvalue weighted by Gasteiger charge is -2.16. The van der Waals surface area contributed by atoms with Crippen LogP contribution in [-0.4, -0.2) is 29.6 Å². The van der Waals surface area contributed by atoms with Gasteiger partial charge >= 0.3 is 6.18 Å². The van der Waals surface area contributed by atoms with Crippen LogP contribution >= 0.6 is 0 Å². The van der Waals surface area contributed by atoms with Gasteiger partial charge in [-0.25, -0.2) is 4.98 Å². The first-order chi connectivity index (χ1) is 12.8. The summed E-state index contributed by atoms with van der Waals surface area (Å²) in [4.78, 5) is 15.6. The molecule has 0 spiro atoms. The van der Waals surface area contributed by atoms with Crippen molar-refractivity contribution in [1.82, 2.24) is 9.55 Å². The summed E-state index contributed by atoms with van der Waals surface area (Å²) in [5.74, 6) is 0. The Balaban J connectivity index is 2.21. The van der Waals surface area contributed by atoms with E-state index in [0.29, 0.717) is 41.2 Å². The van der Waals surface area contributed by atoms with E-state index < -0.39 is 11.7 Å². The number of nitrogens with zero attached hydrogens (tertiary/aromatic N) is 2. The molecule has 0 atom stereocenters. The van der Waals surface area contributed by atoms with Crippen LogP contribution in [-0.2, 0) is 24.4 Å². The molecule has 27 heavy (non-hydrogen) atoms. The predicted molar refractivity (Wildman–Crippen MR) is 96.7 cm³/mol. The second-order valence-electron chi connectivity index (χ2n) is 6.40. The maximum absolute atomic E-state index is 13.6. The normalized spacial score (nSPS) is 11.9. The first kappa shape index (κ1) is 19.1. The van der Waals surface area contributed by atoms with Gasteiger partial charge in [0.25, 0.3) is 0 Å². The zero-order valence-corrected chi connectivity index (χ0v) is 15.0. The van der Waals surface area contributed by atoms with Crippen LogP contribution in [0.3, 0.4) is 0 Å². The molecule has 0 aliphatic heterocycles. The van der Waals surface area contributed by atoms with Crippen molar-refractivity contribution in [3.05, 3.63) is 53.5 Å². The Morgan fingerprint density at radius 1 is 1.22 bits per heavy atom. The van der Waals surface area contributed by atoms with Gasteiger partial charge in [0.15, 0.2) is 6.29 Å². The van der Waals surface area contributed by atoms with E-state index in [-0.39, 0.29) is 12.0 Å². The highest BCUT2D eigenvalue weighted by Crippen LogP contribution is 2.37. The molecule has 0 aliphatic carbocycles. The Kier molecular flexibility index (Phi) is 5.32. The van der Waals surface area contributed by atoms with Crippen molar-refractivity contribution in [2.24, 2.45) is 7.05 Å². The molecule has 0 amide bonds. The van der Waals surface area contributed by atoms with Gasteiger partial charge in [-0.05, 0) is 53.4 Å². The number of carbonyl (C=O) groups excluding carboxylic acids is 1. The zero-order valence-electron chi connectivity index (χ0n) is 15.0. The largest absolute Gasteiger partial charge is 0.416 e. The Bertz CT molecular complexity index is 977. The topological polar surface area (TPSA) is 44.1 Å². The summed E-state index contributed by atoms with van der Waals surface area (Å²) < 4.78 is 47.5. The number of halogens is 3. The lowest BCUT2D eigenvalue weighted by atomic mass is 9.93. The molecule has 2 aromatic carbocycles. The van der Waals surface area contributed by atoms with E-state index in [1.165, 1.54) is 13.2 Å². The van der Waals surface area contributed by atoms with Crippen LogP contribution in [0.4, 0.5) is 13.2 Å². The van der Waals surface area contributed by atoms with Crippen LogP contribution in [0.1, 0.15) is 27.9 Å². The van der Waals surface area contributed by atoms with Gasteiger partial charge in [-0.3, -0.25) is 4.79 Å². The predicted octanol–water partition coefficient (Wildman–Crippen LogP) is 4.65. The second kappa shape index (κ2) is 7.52. The molecule has 142 valence electrons. The number of hydrogen-bond acceptors (Lipinski definition) is 3. The number of methoxy groups -OCH3 is 1. The van der Waals surface area contributed by atoms with Gasteiger partial charge in [0.2, 0.25) is 0 Å². The number of hydrogen-bond donors (Lipinski definition) is 0. The maximum Gasteiger partial charge on any atom is 0.416 e. The summed E-state index contributed by atoms with van der Waals surface area (Å²) in [7, 11) is 3.29. The number of benzene rings is 2. The smallest absolute Gasteiger partial charge is 0.385 e. The number of ether oxygens (including phenoxy) is 1. The van der Waals surface area contributed by atoms with E-state index in [0.717, 1.165) is 11.8 Å². The monoisotopic (exact) mass is 376 g/mol. The minimum absolute atomic E-state index is 0.170. The minimum Gasteiger partial charge on any atom is -0.385 e. The SMILES string of the molecule is COCCCc1cc2c(C=O)cc(-c3cncn3C)cc2cc1C(F)(F)F. The van der Waals surface area contributed by atoms with Crippen LogP contribution in [0.25, 0.3) is 22.0 Å². The lowest BCUT2D eigenvalue weighted by molar-refractivity contribution is -0.138. The Morgan fingerprint density at radius 2 is 2.00 bits per heavy atom. The fourth-order valence-electron chi connectivity index (χ4n) is 3.24. The van der Waals surface area contributed by atoms with Crippen molar-refractivity contribution in [2.45, 2.75) is 19.0 Å². The van der Waals surface area contributed by atoms with Gasteiger partial charge in [0.05, 0.1) is 23.8 Å². The summed E-state index contributed by atoms with van der Waals surface area (Å²) in [6.07, 6.45) is 0.101. The van der Waals surface area contributed by atoms with Gasteiger partial charge in [0.1, 0.15) is 0 Å². The molecule has 0 bridgehead atoms. The first-order valence-corrected chi connectivity index (χ1v) is 8.44. The maximum atomic E-state index is 13.6. The molecule has 0 saturated heterocycles. The summed E-state index contributed by atoms with van der Waals surface area (Å²) >= 11 is 0. The van der Waals surface area contributed by atoms with Gasteiger partial charge in [0, 0.05) is 31.9 Å². The molecule has 0 N–H and O–H groups in total. The van der Waals surface area contributed by atoms with Crippen LogP contribution in [0, 0.1) is 0 Å². The minimum atomic E-state index is -4.47. The fourth-order valence-corrected chi connectivity index (χ4v) is 3.24. The summed E-state index contributed by atoms with van der Waals surface area (Å²) in [5.41, 5.74) is 1.21. The number of aromatic nitrogens is 2. The van der Waals surface area contributed by atoms with Gasteiger partial charge in [-0.1, -0.05) is 0 Å². The third-order valence-corrected chi connectivity index (χ3v) is 4.55. The molecule has 7 heteroatoms. The third-order valence-electron chi connectivity index (χ3n) is 4.55. The van der Waals surface area contributed by atoms with Crippen LogP contribution in [0.5, 0.6) is 0 Å². The van der Waals surface area contributed by atoms with Crippen molar-refractivity contribution in [2.75, 3.05) is 13.7 Å². The highest BCUT2D eigenvalue weighted by Gasteiger charge is 2.33. The summed E-state index contributed by atoms with van der Waals surface area (Å²) in [5, 5.41) is 0.884. The van der Waals surface area contributed by atoms with Gasteiger partial charge < -0.3 is 9.30 Å². The van der Waals surface area contributed by atoms with Crippen molar-refractivity contribution in [3.63, 3.8) is 0 Å². The standard InChI is InChI=1S/C20H19F3N2O2/c1-25-12-24-10-19(25)15-6-14-9-18(20(21,22)23)13(4-3-5-27-2)8-17(14)16(7-15)11-26/h6-12H,3-5H2,1-2H3. The number of aryl methyl sites for hydroxylation is 2. The lowest BCUT2D eigenvalue weighted by Crippen LogP contribution is -2.10. The number of fused-ring (bicyclic) bond motifs is 1. The Labute approximate surface area is 154 Å². The summed E-state index contributed by atoms with van der Waals surface area (Å²) in [6, 6.07) is 5.95. The molecular formula is C20H19F3N2O2. The molecule has 0 saturated carbocycles. The van der Waals surface area contributed by atoms with Gasteiger partial charge in [-0.15, -0.1) is 0 Å². The van der Waals surface area contributed by atoms with E-state index in [1.54, 1.807) is 36.3 Å². The molecule has 0 aliphatic rings. The number of rotatable bonds is 6. The molecule has 1 heterocycles. The third kappa shape index (κ3) is 3.88. The zero-order chi connectivity index (χ0) is 19.6. The van der Waals surface area contributed by atoms with E-state index >= 15 is 0 Å². The number of imidazole rings is 1. The highest BCUT2D eigenvalue weighted by atomic mass is 19.4. The van der Waals surface area contributed by atoms with Crippen LogP contribution in [0.15, 0.2) is 36.8 Å². The average Bonchev–Trinajstić information content (AvgIpc) is 3.05. The second-order valence-corrected chi connectivity index (χ2v) is 6.40. The molecule has 0 fully saturated rings. The Hall–Kier alpha value is -2.67. The van der Waals surface area contributed by atoms with Crippen molar-refractivity contribution in [1.29, 1.82) is 0 Å². The van der Waals surface area contributed by atoms with E-state index in [1.807, 2.05) is 0 Å². The average molecular weight is 376 g/mol. The fraction of sp³-hybridized carbons (Fsp3) is 0.300. The van der Waals surface area contributed by atoms with E-state index in [4.69, 9.17) is 4.74 Å². The summed E-state index contributed by atoms with van der Waals surface area (Å²) in [6.45, 7) is 0.370. The van der Waals surface area contributed by atoms with Gasteiger partial charge in [-0.2, -0.15) is 13.2 Å². The first-order valence-electron chi connectivity index (χ1n) is 8.44. The number of alkyl halides is 3. The molecule has 3 rings (SSSR count). The van der Waals surface area contributed by atoms with E-state index in [9.17, 15) is 18.0 Å². The number of aldehydes is 1. The Morgan fingerprint density at radius 3 is 2.59 bits per heavy atom. The van der Waals surface area contributed by atoms with E-state index in [2.05, 4.69) is 4.98 Å². The molecule has 0 unspecified atom stereocenters. The molecule has 1 aromatic heterocycles. The molecule has 0 radical (unpaired) electrons. The van der Waals surface area contributed by atoms with Crippen molar-refractivity contribution in [3.8, 4) is 11.3 Å². The van der Waals surface area contributed by atoms with Crippen LogP contribution < -0.4 is 0 Å². The van der Waals surface area contributed by atoms with Crippen LogP contribution in [0.2, 0.25) is 0 Å². The number of carbonyl (C=O) groups is 1. The van der Waals surface area contributed by atoms with Crippen molar-refractivity contribution >= 4 is 17.1 Å². The van der Waals surface area contributed by atoms with Crippen molar-refractivity contribution < 1.29 is 22.7 Å².